The van der Waals surface area contributed by atoms with Crippen molar-refractivity contribution in [1.82, 2.24) is 0 Å². The SMILES string of the molecule is NCC[C@H](O)c1ccc2c(c1)OCO2. The lowest BCUT2D eigenvalue weighted by atomic mass is 10.1. The second kappa shape index (κ2) is 3.86. The molecule has 1 atom stereocenters. The van der Waals surface area contributed by atoms with Crippen molar-refractivity contribution in [3.63, 3.8) is 0 Å². The highest BCUT2D eigenvalue weighted by molar-refractivity contribution is 5.45. The van der Waals surface area contributed by atoms with E-state index < -0.39 is 6.10 Å². The molecule has 0 saturated carbocycles. The Balaban J connectivity index is 2.19. The molecule has 0 spiro atoms. The molecule has 4 nitrogen and oxygen atoms in total. The summed E-state index contributed by atoms with van der Waals surface area (Å²) in [4.78, 5) is 0. The van der Waals surface area contributed by atoms with E-state index in [2.05, 4.69) is 0 Å². The van der Waals surface area contributed by atoms with Gasteiger partial charge in [-0.15, -0.1) is 0 Å². The summed E-state index contributed by atoms with van der Waals surface area (Å²) in [7, 11) is 0. The lowest BCUT2D eigenvalue weighted by Gasteiger charge is -2.09. The number of aliphatic hydroxyl groups excluding tert-OH is 1. The lowest BCUT2D eigenvalue weighted by molar-refractivity contribution is 0.167. The van der Waals surface area contributed by atoms with Crippen molar-refractivity contribution in [2.75, 3.05) is 13.3 Å². The maximum absolute atomic E-state index is 9.68. The van der Waals surface area contributed by atoms with E-state index in [1.54, 1.807) is 12.1 Å². The third-order valence-electron chi connectivity index (χ3n) is 2.22. The minimum atomic E-state index is -0.519. The second-order valence-corrected chi connectivity index (χ2v) is 3.21. The summed E-state index contributed by atoms with van der Waals surface area (Å²) in [6, 6.07) is 5.42. The highest BCUT2D eigenvalue weighted by Gasteiger charge is 2.15. The molecule has 0 radical (unpaired) electrons. The molecule has 3 N–H and O–H groups in total. The van der Waals surface area contributed by atoms with Gasteiger partial charge in [-0.3, -0.25) is 0 Å². The molecular formula is C10H13NO3. The van der Waals surface area contributed by atoms with Crippen molar-refractivity contribution in [1.29, 1.82) is 0 Å². The molecule has 0 aliphatic carbocycles. The van der Waals surface area contributed by atoms with Crippen LogP contribution in [0.1, 0.15) is 18.1 Å². The van der Waals surface area contributed by atoms with Gasteiger partial charge in [0.2, 0.25) is 6.79 Å². The first-order valence-electron chi connectivity index (χ1n) is 4.59. The van der Waals surface area contributed by atoms with Gasteiger partial charge in [0, 0.05) is 0 Å². The topological polar surface area (TPSA) is 64.7 Å². The Morgan fingerprint density at radius 2 is 2.14 bits per heavy atom. The van der Waals surface area contributed by atoms with Crippen LogP contribution in [-0.4, -0.2) is 18.4 Å². The molecule has 1 aromatic rings. The summed E-state index contributed by atoms with van der Waals surface area (Å²) in [5.74, 6) is 1.42. The van der Waals surface area contributed by atoms with Gasteiger partial charge in [0.05, 0.1) is 6.10 Å². The minimum absolute atomic E-state index is 0.256. The quantitative estimate of drug-likeness (QED) is 0.748. The van der Waals surface area contributed by atoms with Crippen LogP contribution in [0, 0.1) is 0 Å². The summed E-state index contributed by atoms with van der Waals surface area (Å²) in [5, 5.41) is 9.68. The van der Waals surface area contributed by atoms with Crippen LogP contribution in [0.4, 0.5) is 0 Å². The van der Waals surface area contributed by atoms with E-state index in [9.17, 15) is 5.11 Å². The highest BCUT2D eigenvalue weighted by Crippen LogP contribution is 2.34. The first-order chi connectivity index (χ1) is 6.81. The van der Waals surface area contributed by atoms with Crippen LogP contribution in [0.15, 0.2) is 18.2 Å². The molecule has 4 heteroatoms. The second-order valence-electron chi connectivity index (χ2n) is 3.21. The Morgan fingerprint density at radius 3 is 2.93 bits per heavy atom. The summed E-state index contributed by atoms with van der Waals surface area (Å²) in [5.41, 5.74) is 6.18. The van der Waals surface area contributed by atoms with Crippen LogP contribution in [0.2, 0.25) is 0 Å². The minimum Gasteiger partial charge on any atom is -0.454 e. The van der Waals surface area contributed by atoms with Crippen LogP contribution in [-0.2, 0) is 0 Å². The van der Waals surface area contributed by atoms with Gasteiger partial charge in [0.25, 0.3) is 0 Å². The molecule has 1 aliphatic rings. The summed E-state index contributed by atoms with van der Waals surface area (Å²) >= 11 is 0. The third-order valence-corrected chi connectivity index (χ3v) is 2.22. The van der Waals surface area contributed by atoms with Crippen LogP contribution < -0.4 is 15.2 Å². The smallest absolute Gasteiger partial charge is 0.231 e. The van der Waals surface area contributed by atoms with Gasteiger partial charge in [0.15, 0.2) is 11.5 Å². The number of hydrogen-bond donors (Lipinski definition) is 2. The van der Waals surface area contributed by atoms with Gasteiger partial charge in [-0.05, 0) is 30.7 Å². The molecular weight excluding hydrogens is 182 g/mol. The first kappa shape index (κ1) is 9.30. The molecule has 1 heterocycles. The average molecular weight is 195 g/mol. The van der Waals surface area contributed by atoms with E-state index in [1.165, 1.54) is 0 Å². The van der Waals surface area contributed by atoms with Gasteiger partial charge >= 0.3 is 0 Å². The predicted octanol–water partition coefficient (Wildman–Crippen LogP) is 0.798. The fourth-order valence-electron chi connectivity index (χ4n) is 1.44. The zero-order valence-electron chi connectivity index (χ0n) is 7.77. The van der Waals surface area contributed by atoms with E-state index in [1.807, 2.05) is 6.07 Å². The van der Waals surface area contributed by atoms with Gasteiger partial charge in [-0.1, -0.05) is 6.07 Å². The molecule has 2 rings (SSSR count). The molecule has 0 fully saturated rings. The molecule has 0 aromatic heterocycles. The number of ether oxygens (including phenoxy) is 2. The normalized spacial score (nSPS) is 15.6. The Bertz CT molecular complexity index is 327. The van der Waals surface area contributed by atoms with Crippen molar-refractivity contribution in [2.45, 2.75) is 12.5 Å². The van der Waals surface area contributed by atoms with E-state index in [-0.39, 0.29) is 6.79 Å². The zero-order chi connectivity index (χ0) is 9.97. The fourth-order valence-corrected chi connectivity index (χ4v) is 1.44. The van der Waals surface area contributed by atoms with Gasteiger partial charge in [0.1, 0.15) is 0 Å². The molecule has 0 bridgehead atoms. The zero-order valence-corrected chi connectivity index (χ0v) is 7.77. The van der Waals surface area contributed by atoms with E-state index in [4.69, 9.17) is 15.2 Å². The molecule has 0 saturated heterocycles. The van der Waals surface area contributed by atoms with Crippen molar-refractivity contribution in [3.8, 4) is 11.5 Å². The Hall–Kier alpha value is -1.26. The lowest BCUT2D eigenvalue weighted by Crippen LogP contribution is -2.06. The maximum atomic E-state index is 9.68. The van der Waals surface area contributed by atoms with E-state index in [0.29, 0.717) is 18.7 Å². The summed E-state index contributed by atoms with van der Waals surface area (Å²) in [6.07, 6.45) is 0.0362. The number of nitrogens with two attached hydrogens (primary N) is 1. The molecule has 14 heavy (non-hydrogen) atoms. The monoisotopic (exact) mass is 195 g/mol. The van der Waals surface area contributed by atoms with Crippen molar-refractivity contribution < 1.29 is 14.6 Å². The largest absolute Gasteiger partial charge is 0.454 e. The van der Waals surface area contributed by atoms with Gasteiger partial charge in [-0.2, -0.15) is 0 Å². The summed E-state index contributed by atoms with van der Waals surface area (Å²) in [6.45, 7) is 0.724. The number of benzene rings is 1. The third kappa shape index (κ3) is 1.66. The molecule has 1 aromatic carbocycles. The standard InChI is InChI=1S/C10H13NO3/c11-4-3-8(12)7-1-2-9-10(5-7)14-6-13-9/h1-2,5,8,12H,3-4,6,11H2/t8-/m0/s1. The van der Waals surface area contributed by atoms with Crippen LogP contribution in [0.3, 0.4) is 0 Å². The van der Waals surface area contributed by atoms with Crippen molar-refractivity contribution >= 4 is 0 Å². The van der Waals surface area contributed by atoms with Crippen LogP contribution in [0.25, 0.3) is 0 Å². The summed E-state index contributed by atoms with van der Waals surface area (Å²) < 4.78 is 10.4. The number of hydrogen-bond acceptors (Lipinski definition) is 4. The average Bonchev–Trinajstić information content (AvgIpc) is 2.64. The number of aliphatic hydroxyl groups is 1. The molecule has 0 unspecified atom stereocenters. The van der Waals surface area contributed by atoms with E-state index >= 15 is 0 Å². The first-order valence-corrected chi connectivity index (χ1v) is 4.59. The molecule has 0 amide bonds. The Kier molecular flexibility index (Phi) is 2.56. The predicted molar refractivity (Wildman–Crippen MR) is 51.2 cm³/mol. The van der Waals surface area contributed by atoms with Crippen molar-refractivity contribution in [3.05, 3.63) is 23.8 Å². The van der Waals surface area contributed by atoms with Crippen molar-refractivity contribution in [2.24, 2.45) is 5.73 Å². The number of rotatable bonds is 3. The van der Waals surface area contributed by atoms with E-state index in [0.717, 1.165) is 11.3 Å². The maximum Gasteiger partial charge on any atom is 0.231 e. The highest BCUT2D eigenvalue weighted by atomic mass is 16.7. The Labute approximate surface area is 82.2 Å². The molecule has 76 valence electrons. The van der Waals surface area contributed by atoms with Crippen LogP contribution >= 0.6 is 0 Å². The Morgan fingerprint density at radius 1 is 1.36 bits per heavy atom. The van der Waals surface area contributed by atoms with Gasteiger partial charge < -0.3 is 20.3 Å². The van der Waals surface area contributed by atoms with Crippen LogP contribution in [0.5, 0.6) is 11.5 Å². The van der Waals surface area contributed by atoms with Gasteiger partial charge in [-0.25, -0.2) is 0 Å². The molecule has 1 aliphatic heterocycles. The fraction of sp³-hybridized carbons (Fsp3) is 0.400. The number of fused-ring (bicyclic) bond motifs is 1.